The Hall–Kier alpha value is -0.980. The van der Waals surface area contributed by atoms with E-state index in [1.165, 1.54) is 5.56 Å². The van der Waals surface area contributed by atoms with Crippen LogP contribution in [0.4, 0.5) is 0 Å². The second-order valence-corrected chi connectivity index (χ2v) is 5.19. The van der Waals surface area contributed by atoms with Crippen LogP contribution < -0.4 is 15.4 Å². The topological polar surface area (TPSA) is 45.7 Å². The largest absolute Gasteiger partial charge is 0.491 e. The summed E-state index contributed by atoms with van der Waals surface area (Å²) in [6.45, 7) is 9.08. The molecule has 1 aromatic carbocycles. The molecule has 0 heterocycles. The smallest absolute Gasteiger partial charge is 0.191 e. The van der Waals surface area contributed by atoms with Crippen molar-refractivity contribution in [2.75, 3.05) is 7.05 Å². The summed E-state index contributed by atoms with van der Waals surface area (Å²) in [5, 5.41) is 6.66. The lowest BCUT2D eigenvalue weighted by molar-refractivity contribution is 0.242. The molecule has 0 aliphatic rings. The third-order valence-corrected chi connectivity index (χ3v) is 2.95. The van der Waals surface area contributed by atoms with Gasteiger partial charge in [0.2, 0.25) is 0 Å². The molecule has 4 nitrogen and oxygen atoms in total. The number of nitrogens with one attached hydrogen (secondary N) is 2. The predicted octanol–water partition coefficient (Wildman–Crippen LogP) is 3.56. The molecule has 21 heavy (non-hydrogen) atoms. The minimum absolute atomic E-state index is 0. The van der Waals surface area contributed by atoms with Crippen LogP contribution in [0.1, 0.15) is 39.7 Å². The van der Waals surface area contributed by atoms with Crippen LogP contribution in [0.2, 0.25) is 0 Å². The summed E-state index contributed by atoms with van der Waals surface area (Å²) in [5.74, 6) is 1.73. The lowest BCUT2D eigenvalue weighted by Gasteiger charge is -2.17. The zero-order chi connectivity index (χ0) is 15.0. The first kappa shape index (κ1) is 20.0. The maximum Gasteiger partial charge on any atom is 0.191 e. The molecule has 0 fully saturated rings. The van der Waals surface area contributed by atoms with Crippen molar-refractivity contribution in [1.82, 2.24) is 10.6 Å². The lowest BCUT2D eigenvalue weighted by atomic mass is 10.2. The Kier molecular flexibility index (Phi) is 10.2. The van der Waals surface area contributed by atoms with Crippen LogP contribution in [0.25, 0.3) is 0 Å². The molecule has 1 rings (SSSR count). The van der Waals surface area contributed by atoms with Gasteiger partial charge in [0.05, 0.1) is 6.10 Å². The highest BCUT2D eigenvalue weighted by Crippen LogP contribution is 2.14. The highest BCUT2D eigenvalue weighted by molar-refractivity contribution is 14.0. The van der Waals surface area contributed by atoms with Crippen LogP contribution in [-0.4, -0.2) is 25.2 Å². The van der Waals surface area contributed by atoms with Gasteiger partial charge in [0, 0.05) is 19.6 Å². The Labute approximate surface area is 145 Å². The monoisotopic (exact) mass is 405 g/mol. The molecule has 0 aliphatic carbocycles. The summed E-state index contributed by atoms with van der Waals surface area (Å²) in [4.78, 5) is 4.23. The lowest BCUT2D eigenvalue weighted by Crippen LogP contribution is -2.41. The molecule has 0 aliphatic heterocycles. The standard InChI is InChI=1S/C16H27N3O.HI/c1-6-13(4)19-16(17-5)18-11-14-8-7-9-15(10-14)20-12(2)3;/h7-10,12-13H,6,11H2,1-5H3,(H2,17,18,19);1H. The van der Waals surface area contributed by atoms with Crippen LogP contribution in [0.3, 0.4) is 0 Å². The van der Waals surface area contributed by atoms with E-state index in [0.29, 0.717) is 6.04 Å². The zero-order valence-electron chi connectivity index (χ0n) is 13.6. The van der Waals surface area contributed by atoms with Crippen molar-refractivity contribution in [1.29, 1.82) is 0 Å². The summed E-state index contributed by atoms with van der Waals surface area (Å²) in [6.07, 6.45) is 1.26. The number of hydrogen-bond acceptors (Lipinski definition) is 2. The van der Waals surface area contributed by atoms with Crippen molar-refractivity contribution in [2.24, 2.45) is 4.99 Å². The van der Waals surface area contributed by atoms with Crippen LogP contribution in [0.15, 0.2) is 29.3 Å². The number of benzene rings is 1. The molecule has 0 aromatic heterocycles. The van der Waals surface area contributed by atoms with Crippen LogP contribution in [-0.2, 0) is 6.54 Å². The van der Waals surface area contributed by atoms with Gasteiger partial charge < -0.3 is 15.4 Å². The molecule has 0 radical (unpaired) electrons. The molecule has 1 aromatic rings. The number of ether oxygens (including phenoxy) is 1. The van der Waals surface area contributed by atoms with E-state index in [9.17, 15) is 0 Å². The maximum absolute atomic E-state index is 5.70. The number of rotatable bonds is 6. The molecule has 0 bridgehead atoms. The summed E-state index contributed by atoms with van der Waals surface area (Å²) in [7, 11) is 1.79. The Morgan fingerprint density at radius 2 is 2.00 bits per heavy atom. The Morgan fingerprint density at radius 3 is 2.57 bits per heavy atom. The van der Waals surface area contributed by atoms with Gasteiger partial charge in [-0.2, -0.15) is 0 Å². The molecular weight excluding hydrogens is 377 g/mol. The van der Waals surface area contributed by atoms with E-state index in [0.717, 1.165) is 24.7 Å². The number of halogens is 1. The minimum atomic E-state index is 0. The quantitative estimate of drug-likeness (QED) is 0.432. The van der Waals surface area contributed by atoms with Gasteiger partial charge in [0.15, 0.2) is 5.96 Å². The molecule has 2 N–H and O–H groups in total. The van der Waals surface area contributed by atoms with E-state index in [2.05, 4.69) is 41.6 Å². The molecule has 0 saturated heterocycles. The molecule has 0 amide bonds. The minimum Gasteiger partial charge on any atom is -0.491 e. The van der Waals surface area contributed by atoms with Crippen molar-refractivity contribution in [3.63, 3.8) is 0 Å². The normalized spacial score (nSPS) is 12.6. The van der Waals surface area contributed by atoms with Gasteiger partial charge in [0.1, 0.15) is 5.75 Å². The highest BCUT2D eigenvalue weighted by Gasteiger charge is 2.04. The van der Waals surface area contributed by atoms with Gasteiger partial charge in [0.25, 0.3) is 0 Å². The van der Waals surface area contributed by atoms with Crippen LogP contribution >= 0.6 is 24.0 Å². The molecule has 1 atom stereocenters. The Bertz CT molecular complexity index is 435. The van der Waals surface area contributed by atoms with E-state index < -0.39 is 0 Å². The van der Waals surface area contributed by atoms with E-state index in [-0.39, 0.29) is 30.1 Å². The first-order valence-electron chi connectivity index (χ1n) is 7.28. The van der Waals surface area contributed by atoms with Crippen molar-refractivity contribution < 1.29 is 4.74 Å². The Morgan fingerprint density at radius 1 is 1.29 bits per heavy atom. The number of aliphatic imine (C=N–C) groups is 1. The predicted molar refractivity (Wildman–Crippen MR) is 101 cm³/mol. The summed E-state index contributed by atoms with van der Waals surface area (Å²) in [6, 6.07) is 8.55. The summed E-state index contributed by atoms with van der Waals surface area (Å²) >= 11 is 0. The van der Waals surface area contributed by atoms with E-state index >= 15 is 0 Å². The van der Waals surface area contributed by atoms with Gasteiger partial charge in [-0.1, -0.05) is 19.1 Å². The SMILES string of the molecule is CCC(C)NC(=NC)NCc1cccc(OC(C)C)c1.I. The summed E-state index contributed by atoms with van der Waals surface area (Å²) < 4.78 is 5.70. The fourth-order valence-corrected chi connectivity index (χ4v) is 1.72. The molecular formula is C16H28IN3O. The van der Waals surface area contributed by atoms with Gasteiger partial charge in [-0.25, -0.2) is 0 Å². The fraction of sp³-hybridized carbons (Fsp3) is 0.562. The van der Waals surface area contributed by atoms with Gasteiger partial charge in [-0.3, -0.25) is 4.99 Å². The third kappa shape index (κ3) is 8.14. The average Bonchev–Trinajstić information content (AvgIpc) is 2.42. The van der Waals surface area contributed by atoms with Gasteiger partial charge in [-0.05, 0) is 44.9 Å². The molecule has 1 unspecified atom stereocenters. The fourth-order valence-electron chi connectivity index (χ4n) is 1.72. The van der Waals surface area contributed by atoms with E-state index in [1.54, 1.807) is 7.05 Å². The third-order valence-electron chi connectivity index (χ3n) is 2.95. The van der Waals surface area contributed by atoms with E-state index in [4.69, 9.17) is 4.74 Å². The highest BCUT2D eigenvalue weighted by atomic mass is 127. The maximum atomic E-state index is 5.70. The number of guanidine groups is 1. The molecule has 120 valence electrons. The van der Waals surface area contributed by atoms with E-state index in [1.807, 2.05) is 26.0 Å². The molecule has 5 heteroatoms. The van der Waals surface area contributed by atoms with Crippen LogP contribution in [0, 0.1) is 0 Å². The Balaban J connectivity index is 0.00000400. The van der Waals surface area contributed by atoms with Gasteiger partial charge >= 0.3 is 0 Å². The second-order valence-electron chi connectivity index (χ2n) is 5.19. The van der Waals surface area contributed by atoms with Gasteiger partial charge in [-0.15, -0.1) is 24.0 Å². The van der Waals surface area contributed by atoms with Crippen molar-refractivity contribution in [3.8, 4) is 5.75 Å². The number of nitrogens with zero attached hydrogens (tertiary/aromatic N) is 1. The summed E-state index contributed by atoms with van der Waals surface area (Å²) in [5.41, 5.74) is 1.18. The van der Waals surface area contributed by atoms with Crippen molar-refractivity contribution in [2.45, 2.75) is 52.8 Å². The zero-order valence-corrected chi connectivity index (χ0v) is 16.0. The van der Waals surface area contributed by atoms with Crippen molar-refractivity contribution >= 4 is 29.9 Å². The number of hydrogen-bond donors (Lipinski definition) is 2. The van der Waals surface area contributed by atoms with Crippen LogP contribution in [0.5, 0.6) is 5.75 Å². The van der Waals surface area contributed by atoms with Crippen molar-refractivity contribution in [3.05, 3.63) is 29.8 Å². The average molecular weight is 405 g/mol. The molecule has 0 spiro atoms. The molecule has 0 saturated carbocycles. The second kappa shape index (κ2) is 10.7. The first-order chi connectivity index (χ1) is 9.55. The first-order valence-corrected chi connectivity index (χ1v) is 7.28.